The summed E-state index contributed by atoms with van der Waals surface area (Å²) < 4.78 is 0. The van der Waals surface area contributed by atoms with Crippen molar-refractivity contribution in [2.24, 2.45) is 22.7 Å². The quantitative estimate of drug-likeness (QED) is 0.459. The van der Waals surface area contributed by atoms with Gasteiger partial charge in [-0.05, 0) is 43.6 Å². The SMILES string of the molecule is CN=C(NCCCN1CC(C)CC(C)C1)NC1CC1C. The van der Waals surface area contributed by atoms with Crippen molar-refractivity contribution < 1.29 is 0 Å². The van der Waals surface area contributed by atoms with Crippen LogP contribution in [0.25, 0.3) is 0 Å². The minimum atomic E-state index is 0.644. The Balaban J connectivity index is 1.58. The van der Waals surface area contributed by atoms with Crippen molar-refractivity contribution in [3.63, 3.8) is 0 Å². The summed E-state index contributed by atoms with van der Waals surface area (Å²) in [6.45, 7) is 11.8. The largest absolute Gasteiger partial charge is 0.356 e. The lowest BCUT2D eigenvalue weighted by molar-refractivity contribution is 0.140. The minimum absolute atomic E-state index is 0.644. The highest BCUT2D eigenvalue weighted by Crippen LogP contribution is 2.28. The van der Waals surface area contributed by atoms with Crippen LogP contribution in [0, 0.1) is 17.8 Å². The van der Waals surface area contributed by atoms with Crippen molar-refractivity contribution in [2.75, 3.05) is 33.2 Å². The van der Waals surface area contributed by atoms with Crippen molar-refractivity contribution in [3.05, 3.63) is 0 Å². The molecule has 20 heavy (non-hydrogen) atoms. The number of aliphatic imine (C=N–C) groups is 1. The molecule has 4 unspecified atom stereocenters. The van der Waals surface area contributed by atoms with Crippen LogP contribution >= 0.6 is 0 Å². The van der Waals surface area contributed by atoms with Crippen LogP contribution in [0.2, 0.25) is 0 Å². The number of rotatable bonds is 5. The highest BCUT2D eigenvalue weighted by Gasteiger charge is 2.33. The molecule has 2 aliphatic rings. The van der Waals surface area contributed by atoms with Gasteiger partial charge in [-0.15, -0.1) is 0 Å². The first-order valence-electron chi connectivity index (χ1n) is 8.28. The lowest BCUT2D eigenvalue weighted by Gasteiger charge is -2.35. The molecule has 2 rings (SSSR count). The lowest BCUT2D eigenvalue weighted by Crippen LogP contribution is -2.42. The van der Waals surface area contributed by atoms with E-state index in [9.17, 15) is 0 Å². The summed E-state index contributed by atoms with van der Waals surface area (Å²) in [7, 11) is 1.86. The van der Waals surface area contributed by atoms with Gasteiger partial charge >= 0.3 is 0 Å². The summed E-state index contributed by atoms with van der Waals surface area (Å²) in [5.41, 5.74) is 0. The highest BCUT2D eigenvalue weighted by atomic mass is 15.2. The van der Waals surface area contributed by atoms with Crippen molar-refractivity contribution >= 4 is 5.96 Å². The number of hydrogen-bond donors (Lipinski definition) is 2. The van der Waals surface area contributed by atoms with E-state index < -0.39 is 0 Å². The molecule has 0 aromatic rings. The second-order valence-corrected chi connectivity index (χ2v) is 7.02. The molecular weight excluding hydrogens is 248 g/mol. The second kappa shape index (κ2) is 7.30. The molecule has 1 aliphatic carbocycles. The molecule has 4 atom stereocenters. The summed E-state index contributed by atoms with van der Waals surface area (Å²) in [4.78, 5) is 6.92. The molecule has 2 fully saturated rings. The summed E-state index contributed by atoms with van der Waals surface area (Å²) >= 11 is 0. The maximum Gasteiger partial charge on any atom is 0.191 e. The zero-order valence-electron chi connectivity index (χ0n) is 13.7. The van der Waals surface area contributed by atoms with Crippen LogP contribution in [0.1, 0.15) is 40.0 Å². The fraction of sp³-hybridized carbons (Fsp3) is 0.938. The van der Waals surface area contributed by atoms with E-state index in [0.29, 0.717) is 6.04 Å². The van der Waals surface area contributed by atoms with Crippen LogP contribution in [0.4, 0.5) is 0 Å². The number of nitrogens with one attached hydrogen (secondary N) is 2. The molecule has 0 bridgehead atoms. The van der Waals surface area contributed by atoms with E-state index in [4.69, 9.17) is 0 Å². The molecule has 1 heterocycles. The Kier molecular flexibility index (Phi) is 5.70. The Hall–Kier alpha value is -0.770. The van der Waals surface area contributed by atoms with Gasteiger partial charge in [0.05, 0.1) is 0 Å². The molecule has 4 nitrogen and oxygen atoms in total. The van der Waals surface area contributed by atoms with Crippen LogP contribution in [0.3, 0.4) is 0 Å². The zero-order valence-corrected chi connectivity index (χ0v) is 13.7. The van der Waals surface area contributed by atoms with Crippen molar-refractivity contribution in [1.29, 1.82) is 0 Å². The maximum absolute atomic E-state index is 4.29. The maximum atomic E-state index is 4.29. The third-order valence-corrected chi connectivity index (χ3v) is 4.54. The van der Waals surface area contributed by atoms with Crippen LogP contribution in [0.15, 0.2) is 4.99 Å². The molecule has 0 aromatic heterocycles. The number of likely N-dealkylation sites (tertiary alicyclic amines) is 1. The van der Waals surface area contributed by atoms with Gasteiger partial charge < -0.3 is 15.5 Å². The Labute approximate surface area is 124 Å². The number of guanidine groups is 1. The molecule has 4 heteroatoms. The van der Waals surface area contributed by atoms with Gasteiger partial charge in [0.2, 0.25) is 0 Å². The minimum Gasteiger partial charge on any atom is -0.356 e. The second-order valence-electron chi connectivity index (χ2n) is 7.02. The molecule has 0 radical (unpaired) electrons. The summed E-state index contributed by atoms with van der Waals surface area (Å²) in [5.74, 6) is 3.50. The molecule has 1 saturated heterocycles. The van der Waals surface area contributed by atoms with Crippen molar-refractivity contribution in [1.82, 2.24) is 15.5 Å². The van der Waals surface area contributed by atoms with Gasteiger partial charge in [0, 0.05) is 32.7 Å². The predicted octanol–water partition coefficient (Wildman–Crippen LogP) is 1.93. The van der Waals surface area contributed by atoms with E-state index in [2.05, 4.69) is 41.3 Å². The topological polar surface area (TPSA) is 39.7 Å². The predicted molar refractivity (Wildman–Crippen MR) is 86.1 cm³/mol. The molecule has 0 spiro atoms. The number of hydrogen-bond acceptors (Lipinski definition) is 2. The summed E-state index contributed by atoms with van der Waals surface area (Å²) in [6.07, 6.45) is 3.87. The van der Waals surface area contributed by atoms with Gasteiger partial charge in [-0.25, -0.2) is 0 Å². The Morgan fingerprint density at radius 3 is 2.35 bits per heavy atom. The average molecular weight is 280 g/mol. The summed E-state index contributed by atoms with van der Waals surface area (Å²) in [6, 6.07) is 0.644. The van der Waals surface area contributed by atoms with E-state index in [-0.39, 0.29) is 0 Å². The Morgan fingerprint density at radius 1 is 1.15 bits per heavy atom. The average Bonchev–Trinajstić information content (AvgIpc) is 3.07. The van der Waals surface area contributed by atoms with E-state index in [1.54, 1.807) is 0 Å². The van der Waals surface area contributed by atoms with Crippen LogP contribution in [-0.4, -0.2) is 50.1 Å². The van der Waals surface area contributed by atoms with Gasteiger partial charge in [0.1, 0.15) is 0 Å². The van der Waals surface area contributed by atoms with Gasteiger partial charge in [-0.3, -0.25) is 4.99 Å². The number of piperidine rings is 1. The van der Waals surface area contributed by atoms with E-state index >= 15 is 0 Å². The molecule has 1 aliphatic heterocycles. The Bertz CT molecular complexity index is 318. The third kappa shape index (κ3) is 4.97. The fourth-order valence-electron chi connectivity index (χ4n) is 3.38. The fourth-order valence-corrected chi connectivity index (χ4v) is 3.38. The van der Waals surface area contributed by atoms with Crippen molar-refractivity contribution in [3.8, 4) is 0 Å². The molecule has 0 aromatic carbocycles. The van der Waals surface area contributed by atoms with Crippen LogP contribution < -0.4 is 10.6 Å². The number of nitrogens with zero attached hydrogens (tertiary/aromatic N) is 2. The molecule has 1 saturated carbocycles. The van der Waals surface area contributed by atoms with E-state index in [1.165, 1.54) is 38.9 Å². The first-order chi connectivity index (χ1) is 9.58. The normalized spacial score (nSPS) is 34.9. The third-order valence-electron chi connectivity index (χ3n) is 4.54. The van der Waals surface area contributed by atoms with E-state index in [1.807, 2.05) is 7.05 Å². The first kappa shape index (κ1) is 15.6. The van der Waals surface area contributed by atoms with Gasteiger partial charge in [-0.1, -0.05) is 20.8 Å². The van der Waals surface area contributed by atoms with Crippen LogP contribution in [0.5, 0.6) is 0 Å². The standard InChI is InChI=1S/C16H32N4/c1-12-8-13(2)11-20(10-12)7-5-6-18-16(17-4)19-15-9-14(15)3/h12-15H,5-11H2,1-4H3,(H2,17,18,19). The van der Waals surface area contributed by atoms with Crippen LogP contribution in [-0.2, 0) is 0 Å². The molecule has 2 N–H and O–H groups in total. The Morgan fingerprint density at radius 2 is 1.80 bits per heavy atom. The van der Waals surface area contributed by atoms with Crippen molar-refractivity contribution in [2.45, 2.75) is 46.1 Å². The smallest absolute Gasteiger partial charge is 0.191 e. The monoisotopic (exact) mass is 280 g/mol. The van der Waals surface area contributed by atoms with Gasteiger partial charge in [0.25, 0.3) is 0 Å². The highest BCUT2D eigenvalue weighted by molar-refractivity contribution is 5.80. The molecule has 116 valence electrons. The van der Waals surface area contributed by atoms with E-state index in [0.717, 1.165) is 30.3 Å². The summed E-state index contributed by atoms with van der Waals surface area (Å²) in [5, 5.41) is 6.90. The lowest BCUT2D eigenvalue weighted by atomic mass is 9.92. The van der Waals surface area contributed by atoms with Gasteiger partial charge in [0.15, 0.2) is 5.96 Å². The molecule has 0 amide bonds. The van der Waals surface area contributed by atoms with Gasteiger partial charge in [-0.2, -0.15) is 0 Å². The zero-order chi connectivity index (χ0) is 14.5. The molecular formula is C16H32N4. The first-order valence-corrected chi connectivity index (χ1v) is 8.28.